The molecule has 0 aliphatic rings. The van der Waals surface area contributed by atoms with E-state index in [0.717, 1.165) is 10.6 Å². The molecule has 0 spiro atoms. The number of carbonyl (C=O) groups excluding carboxylic acids is 1. The summed E-state index contributed by atoms with van der Waals surface area (Å²) in [5.74, 6) is 0.674. The van der Waals surface area contributed by atoms with Gasteiger partial charge >= 0.3 is 0 Å². The van der Waals surface area contributed by atoms with E-state index in [2.05, 4.69) is 26.1 Å². The summed E-state index contributed by atoms with van der Waals surface area (Å²) in [7, 11) is -2.15. The number of carbonyl (C=O) groups is 1. The average molecular weight is 453 g/mol. The summed E-state index contributed by atoms with van der Waals surface area (Å²) in [5.41, 5.74) is 1.00. The molecule has 0 fully saturated rings. The van der Waals surface area contributed by atoms with Gasteiger partial charge < -0.3 is 5.32 Å². The summed E-state index contributed by atoms with van der Waals surface area (Å²) < 4.78 is 27.1. The zero-order valence-corrected chi connectivity index (χ0v) is 19.9. The number of anilines is 1. The van der Waals surface area contributed by atoms with E-state index in [1.165, 1.54) is 11.4 Å². The number of amides is 1. The van der Waals surface area contributed by atoms with E-state index in [-0.39, 0.29) is 15.5 Å². The Morgan fingerprint density at radius 3 is 2.14 bits per heavy atom. The Labute approximate surface area is 182 Å². The fourth-order valence-corrected chi connectivity index (χ4v) is 4.91. The normalized spacial score (nSPS) is 11.9. The number of thioether (sulfide) groups is 2. The Hall–Kier alpha value is -1.64. The molecule has 0 heterocycles. The maximum absolute atomic E-state index is 12.8. The monoisotopic (exact) mass is 452 g/mol. The summed E-state index contributed by atoms with van der Waals surface area (Å²) in [6, 6.07) is 13.4. The standard InChI is InChI=1S/C21H28N2O3S3/c1-21(2,3)28-15-14-22-20(24)16-6-8-17(9-7-16)23(4)29(25,26)19-12-10-18(27-5)11-13-19/h6-13H,14-15H2,1-5H3,(H,22,24). The highest BCUT2D eigenvalue weighted by Gasteiger charge is 2.21. The van der Waals surface area contributed by atoms with Crippen LogP contribution in [0.1, 0.15) is 31.1 Å². The first-order chi connectivity index (χ1) is 13.5. The van der Waals surface area contributed by atoms with Crippen molar-refractivity contribution in [2.45, 2.75) is 35.3 Å². The number of nitrogens with one attached hydrogen (secondary N) is 1. The molecule has 1 amide bonds. The van der Waals surface area contributed by atoms with Crippen LogP contribution >= 0.6 is 23.5 Å². The molecule has 0 aliphatic heterocycles. The van der Waals surface area contributed by atoms with Crippen LogP contribution < -0.4 is 9.62 Å². The fourth-order valence-electron chi connectivity index (χ4n) is 2.49. The molecule has 0 saturated carbocycles. The number of sulfonamides is 1. The molecule has 0 atom stereocenters. The van der Waals surface area contributed by atoms with Crippen molar-refractivity contribution in [1.82, 2.24) is 5.32 Å². The van der Waals surface area contributed by atoms with Crippen molar-refractivity contribution in [3.8, 4) is 0 Å². The number of rotatable bonds is 8. The second-order valence-electron chi connectivity index (χ2n) is 7.41. The van der Waals surface area contributed by atoms with Gasteiger partial charge in [-0.15, -0.1) is 11.8 Å². The SMILES string of the molecule is CSc1ccc(S(=O)(=O)N(C)c2ccc(C(=O)NCCSC(C)(C)C)cc2)cc1. The van der Waals surface area contributed by atoms with Crippen molar-refractivity contribution in [1.29, 1.82) is 0 Å². The quantitative estimate of drug-likeness (QED) is 0.472. The fraction of sp³-hybridized carbons (Fsp3) is 0.381. The number of hydrogen-bond donors (Lipinski definition) is 1. The van der Waals surface area contributed by atoms with Crippen molar-refractivity contribution in [2.75, 3.05) is 29.9 Å². The molecule has 0 aliphatic carbocycles. The molecule has 5 nitrogen and oxygen atoms in total. The van der Waals surface area contributed by atoms with Crippen molar-refractivity contribution >= 4 is 45.1 Å². The van der Waals surface area contributed by atoms with E-state index >= 15 is 0 Å². The van der Waals surface area contributed by atoms with Crippen LogP contribution in [0.4, 0.5) is 5.69 Å². The van der Waals surface area contributed by atoms with Crippen molar-refractivity contribution in [3.05, 3.63) is 54.1 Å². The molecule has 0 unspecified atom stereocenters. The van der Waals surface area contributed by atoms with Crippen molar-refractivity contribution in [3.63, 3.8) is 0 Å². The highest BCUT2D eigenvalue weighted by molar-refractivity contribution is 8.00. The van der Waals surface area contributed by atoms with Gasteiger partial charge in [0.15, 0.2) is 0 Å². The second-order valence-corrected chi connectivity index (χ2v) is 12.2. The third-order valence-corrected chi connectivity index (χ3v) is 7.95. The molecule has 0 saturated heterocycles. The summed E-state index contributed by atoms with van der Waals surface area (Å²) in [4.78, 5) is 13.5. The maximum atomic E-state index is 12.8. The van der Waals surface area contributed by atoms with Gasteiger partial charge in [-0.2, -0.15) is 11.8 Å². The summed E-state index contributed by atoms with van der Waals surface area (Å²) >= 11 is 3.35. The molecule has 8 heteroatoms. The lowest BCUT2D eigenvalue weighted by molar-refractivity contribution is 0.0956. The van der Waals surface area contributed by atoms with Crippen LogP contribution in [-0.4, -0.2) is 44.7 Å². The third-order valence-electron chi connectivity index (χ3n) is 4.13. The minimum absolute atomic E-state index is 0.163. The van der Waals surface area contributed by atoms with Gasteiger partial charge in [-0.05, 0) is 54.8 Å². The smallest absolute Gasteiger partial charge is 0.264 e. The van der Waals surface area contributed by atoms with Gasteiger partial charge in [0, 0.05) is 34.6 Å². The molecule has 0 aromatic heterocycles. The van der Waals surface area contributed by atoms with Crippen molar-refractivity contribution in [2.24, 2.45) is 0 Å². The highest BCUT2D eigenvalue weighted by atomic mass is 32.2. The molecule has 0 bridgehead atoms. The van der Waals surface area contributed by atoms with Gasteiger partial charge in [-0.1, -0.05) is 20.8 Å². The van der Waals surface area contributed by atoms with Gasteiger partial charge in [-0.25, -0.2) is 8.42 Å². The Morgan fingerprint density at radius 1 is 1.03 bits per heavy atom. The lowest BCUT2D eigenvalue weighted by Crippen LogP contribution is -2.28. The Balaban J connectivity index is 2.03. The zero-order chi connectivity index (χ0) is 21.7. The van der Waals surface area contributed by atoms with Gasteiger partial charge in [0.2, 0.25) is 0 Å². The molecule has 1 N–H and O–H groups in total. The predicted octanol–water partition coefficient (Wildman–Crippen LogP) is 4.50. The molecule has 2 aromatic rings. The second kappa shape index (κ2) is 9.91. The zero-order valence-electron chi connectivity index (χ0n) is 17.4. The van der Waals surface area contributed by atoms with Crippen LogP contribution in [0.3, 0.4) is 0 Å². The van der Waals surface area contributed by atoms with Gasteiger partial charge in [0.25, 0.3) is 15.9 Å². The van der Waals surface area contributed by atoms with E-state index < -0.39 is 10.0 Å². The summed E-state index contributed by atoms with van der Waals surface area (Å²) in [6.45, 7) is 7.00. The van der Waals surface area contributed by atoms with E-state index in [1.54, 1.807) is 72.1 Å². The third kappa shape index (κ3) is 6.69. The van der Waals surface area contributed by atoms with Gasteiger partial charge in [0.1, 0.15) is 0 Å². The summed E-state index contributed by atoms with van der Waals surface area (Å²) in [6.07, 6.45) is 1.94. The topological polar surface area (TPSA) is 66.5 Å². The Bertz CT molecular complexity index is 919. The van der Waals surface area contributed by atoms with Crippen LogP contribution in [0, 0.1) is 0 Å². The van der Waals surface area contributed by atoms with Gasteiger partial charge in [-0.3, -0.25) is 9.10 Å². The van der Waals surface area contributed by atoms with Crippen molar-refractivity contribution < 1.29 is 13.2 Å². The first kappa shape index (κ1) is 23.6. The van der Waals surface area contributed by atoms with Gasteiger partial charge in [0.05, 0.1) is 10.6 Å². The first-order valence-electron chi connectivity index (χ1n) is 9.20. The van der Waals surface area contributed by atoms with Crippen LogP contribution in [0.25, 0.3) is 0 Å². The van der Waals surface area contributed by atoms with E-state index in [9.17, 15) is 13.2 Å². The largest absolute Gasteiger partial charge is 0.351 e. The van der Waals surface area contributed by atoms with Crippen LogP contribution in [0.5, 0.6) is 0 Å². The molecule has 158 valence electrons. The Morgan fingerprint density at radius 2 is 1.62 bits per heavy atom. The molecular weight excluding hydrogens is 424 g/mol. The lowest BCUT2D eigenvalue weighted by atomic mass is 10.2. The maximum Gasteiger partial charge on any atom is 0.264 e. The van der Waals surface area contributed by atoms with Crippen LogP contribution in [-0.2, 0) is 10.0 Å². The molecule has 29 heavy (non-hydrogen) atoms. The lowest BCUT2D eigenvalue weighted by Gasteiger charge is -2.20. The van der Waals surface area contributed by atoms with Crippen LogP contribution in [0.15, 0.2) is 58.3 Å². The van der Waals surface area contributed by atoms with E-state index in [0.29, 0.717) is 17.8 Å². The highest BCUT2D eigenvalue weighted by Crippen LogP contribution is 2.25. The minimum Gasteiger partial charge on any atom is -0.351 e. The predicted molar refractivity (Wildman–Crippen MR) is 125 cm³/mol. The number of benzene rings is 2. The molecular formula is C21H28N2O3S3. The minimum atomic E-state index is -3.66. The van der Waals surface area contributed by atoms with E-state index in [1.807, 2.05) is 6.26 Å². The van der Waals surface area contributed by atoms with Crippen LogP contribution in [0.2, 0.25) is 0 Å². The number of hydrogen-bond acceptors (Lipinski definition) is 5. The Kier molecular flexibility index (Phi) is 8.08. The summed E-state index contributed by atoms with van der Waals surface area (Å²) in [5, 5.41) is 2.89. The average Bonchev–Trinajstić information content (AvgIpc) is 2.70. The molecule has 2 rings (SSSR count). The molecule has 2 aromatic carbocycles. The molecule has 0 radical (unpaired) electrons. The first-order valence-corrected chi connectivity index (χ1v) is 12.8. The van der Waals surface area contributed by atoms with E-state index in [4.69, 9.17) is 0 Å². The number of nitrogens with zero attached hydrogens (tertiary/aromatic N) is 1.